The van der Waals surface area contributed by atoms with E-state index in [0.29, 0.717) is 6.04 Å². The van der Waals surface area contributed by atoms with Crippen LogP contribution in [0.5, 0.6) is 5.88 Å². The molecule has 1 N–H and O–H groups in total. The number of hydrogen-bond donors (Lipinski definition) is 1. The van der Waals surface area contributed by atoms with Crippen molar-refractivity contribution in [1.82, 2.24) is 10.3 Å². The van der Waals surface area contributed by atoms with Crippen LogP contribution in [0.3, 0.4) is 0 Å². The van der Waals surface area contributed by atoms with E-state index in [0.717, 1.165) is 28.2 Å². The summed E-state index contributed by atoms with van der Waals surface area (Å²) in [4.78, 5) is 7.61. The van der Waals surface area contributed by atoms with Crippen LogP contribution in [0.2, 0.25) is 0 Å². The van der Waals surface area contributed by atoms with Crippen LogP contribution in [-0.2, 0) is 6.54 Å². The monoisotopic (exact) mass is 289 g/mol. The summed E-state index contributed by atoms with van der Waals surface area (Å²) < 4.78 is 5.32. The van der Waals surface area contributed by atoms with E-state index in [9.17, 15) is 0 Å². The minimum absolute atomic E-state index is 0.504. The maximum Gasteiger partial charge on any atom is 0.230 e. The molecule has 0 saturated heterocycles. The molecule has 0 amide bonds. The number of aromatic nitrogens is 1. The molecule has 6 heteroatoms. The first-order valence-electron chi connectivity index (χ1n) is 6.10. The number of methoxy groups -OCH3 is 1. The molecule has 1 rings (SSSR count). The van der Waals surface area contributed by atoms with Gasteiger partial charge in [-0.05, 0) is 12.7 Å². The van der Waals surface area contributed by atoms with Gasteiger partial charge in [0.1, 0.15) is 0 Å². The Hall–Kier alpha value is -0.460. The van der Waals surface area contributed by atoms with Gasteiger partial charge in [-0.3, -0.25) is 0 Å². The maximum atomic E-state index is 5.32. The molecular weight excluding hydrogens is 266 g/mol. The van der Waals surface area contributed by atoms with Crippen molar-refractivity contribution in [3.63, 3.8) is 0 Å². The van der Waals surface area contributed by atoms with E-state index in [2.05, 4.69) is 24.1 Å². The molecule has 0 aliphatic rings. The van der Waals surface area contributed by atoms with Gasteiger partial charge in [-0.15, -0.1) is 0 Å². The predicted molar refractivity (Wildman–Crippen MR) is 82.3 cm³/mol. The summed E-state index contributed by atoms with van der Waals surface area (Å²) in [6.45, 7) is 5.22. The van der Waals surface area contributed by atoms with Crippen LogP contribution in [-0.4, -0.2) is 43.7 Å². The Morgan fingerprint density at radius 3 is 2.78 bits per heavy atom. The van der Waals surface area contributed by atoms with Gasteiger partial charge in [0.05, 0.1) is 12.0 Å². The molecule has 18 heavy (non-hydrogen) atoms. The van der Waals surface area contributed by atoms with E-state index < -0.39 is 0 Å². The number of nitrogens with zero attached hydrogens (tertiary/aromatic N) is 2. The molecule has 0 aromatic carbocycles. The van der Waals surface area contributed by atoms with Gasteiger partial charge >= 0.3 is 0 Å². The first-order valence-corrected chi connectivity index (χ1v) is 8.07. The Balaban J connectivity index is 2.55. The zero-order chi connectivity index (χ0) is 13.5. The van der Waals surface area contributed by atoms with E-state index >= 15 is 0 Å². The topological polar surface area (TPSA) is 37.4 Å². The fourth-order valence-electron chi connectivity index (χ4n) is 1.41. The second-order valence-electron chi connectivity index (χ2n) is 4.26. The third kappa shape index (κ3) is 4.66. The molecule has 0 spiro atoms. The van der Waals surface area contributed by atoms with E-state index in [4.69, 9.17) is 4.74 Å². The Morgan fingerprint density at radius 2 is 2.22 bits per heavy atom. The minimum atomic E-state index is 0.504. The van der Waals surface area contributed by atoms with Gasteiger partial charge in [0, 0.05) is 32.4 Å². The minimum Gasteiger partial charge on any atom is -0.480 e. The number of anilines is 1. The number of nitrogens with one attached hydrogen (secondary N) is 1. The van der Waals surface area contributed by atoms with E-state index in [-0.39, 0.29) is 0 Å². The summed E-state index contributed by atoms with van der Waals surface area (Å²) in [7, 11) is 5.67. The third-order valence-corrected chi connectivity index (χ3v) is 4.76. The number of hydrogen-bond acceptors (Lipinski definition) is 6. The highest BCUT2D eigenvalue weighted by atomic mass is 32.2. The Kier molecular flexibility index (Phi) is 6.81. The van der Waals surface area contributed by atoms with Crippen LogP contribution in [0.1, 0.15) is 18.7 Å². The largest absolute Gasteiger partial charge is 0.480 e. The smallest absolute Gasteiger partial charge is 0.230 e. The molecule has 1 heterocycles. The summed E-state index contributed by atoms with van der Waals surface area (Å²) in [5.74, 6) is 3.05. The average molecular weight is 289 g/mol. The molecular formula is C12H23N3OS2. The van der Waals surface area contributed by atoms with Crippen molar-refractivity contribution in [2.24, 2.45) is 0 Å². The van der Waals surface area contributed by atoms with Crippen LogP contribution in [0.25, 0.3) is 0 Å². The first kappa shape index (κ1) is 15.6. The molecule has 4 nitrogen and oxygen atoms in total. The van der Waals surface area contributed by atoms with Gasteiger partial charge in [-0.2, -0.15) is 16.7 Å². The Morgan fingerprint density at radius 1 is 1.50 bits per heavy atom. The van der Waals surface area contributed by atoms with Crippen LogP contribution in [0.4, 0.5) is 5.13 Å². The van der Waals surface area contributed by atoms with Crippen LogP contribution in [0.15, 0.2) is 0 Å². The number of thioether (sulfide) groups is 1. The van der Waals surface area contributed by atoms with Crippen molar-refractivity contribution in [3.05, 3.63) is 4.88 Å². The molecule has 0 aliphatic heterocycles. The lowest BCUT2D eigenvalue weighted by atomic mass is 10.4. The fraction of sp³-hybridized carbons (Fsp3) is 0.750. The van der Waals surface area contributed by atoms with E-state index in [1.54, 1.807) is 18.4 Å². The standard InChI is InChI=1S/C12H23N3OS2/c1-6-17-8-9(2)13-7-10-11(16-5)14-12(18-10)15(3)4/h9,13H,6-8H2,1-5H3. The summed E-state index contributed by atoms with van der Waals surface area (Å²) >= 11 is 3.64. The molecule has 0 bridgehead atoms. The zero-order valence-corrected chi connectivity index (χ0v) is 13.5. The number of thiazole rings is 1. The molecule has 1 aromatic heterocycles. The molecule has 0 saturated carbocycles. The number of rotatable bonds is 8. The quantitative estimate of drug-likeness (QED) is 0.795. The van der Waals surface area contributed by atoms with Gasteiger partial charge in [0.15, 0.2) is 5.13 Å². The highest BCUT2D eigenvalue weighted by Gasteiger charge is 2.13. The summed E-state index contributed by atoms with van der Waals surface area (Å²) in [6, 6.07) is 0.504. The summed E-state index contributed by atoms with van der Waals surface area (Å²) in [6.07, 6.45) is 0. The highest BCUT2D eigenvalue weighted by molar-refractivity contribution is 7.99. The van der Waals surface area contributed by atoms with Crippen LogP contribution < -0.4 is 15.0 Å². The van der Waals surface area contributed by atoms with Crippen LogP contribution in [0, 0.1) is 0 Å². The van der Waals surface area contributed by atoms with Gasteiger partial charge < -0.3 is 15.0 Å². The van der Waals surface area contributed by atoms with Gasteiger partial charge in [-0.1, -0.05) is 18.3 Å². The lowest BCUT2D eigenvalue weighted by molar-refractivity contribution is 0.394. The maximum absolute atomic E-state index is 5.32. The molecule has 1 aromatic rings. The fourth-order valence-corrected chi connectivity index (χ4v) is 3.02. The number of ether oxygens (including phenoxy) is 1. The van der Waals surface area contributed by atoms with E-state index in [1.807, 2.05) is 30.8 Å². The molecule has 1 unspecified atom stereocenters. The van der Waals surface area contributed by atoms with Crippen molar-refractivity contribution >= 4 is 28.2 Å². The van der Waals surface area contributed by atoms with Crippen molar-refractivity contribution in [1.29, 1.82) is 0 Å². The molecule has 0 radical (unpaired) electrons. The third-order valence-electron chi connectivity index (χ3n) is 2.41. The summed E-state index contributed by atoms with van der Waals surface area (Å²) in [5.41, 5.74) is 0. The lowest BCUT2D eigenvalue weighted by Gasteiger charge is -2.12. The average Bonchev–Trinajstić information content (AvgIpc) is 2.77. The van der Waals surface area contributed by atoms with Gasteiger partial charge in [-0.25, -0.2) is 0 Å². The van der Waals surface area contributed by atoms with Crippen molar-refractivity contribution in [3.8, 4) is 5.88 Å². The molecule has 0 fully saturated rings. The molecule has 0 aliphatic carbocycles. The molecule has 1 atom stereocenters. The van der Waals surface area contributed by atoms with Crippen molar-refractivity contribution in [2.75, 3.05) is 37.6 Å². The Bertz CT molecular complexity index is 355. The SMILES string of the molecule is CCSCC(C)NCc1sc(N(C)C)nc1OC. The van der Waals surface area contributed by atoms with Crippen molar-refractivity contribution < 1.29 is 4.74 Å². The Labute approximate surface area is 118 Å². The second kappa shape index (κ2) is 7.86. The zero-order valence-electron chi connectivity index (χ0n) is 11.8. The van der Waals surface area contributed by atoms with Gasteiger partial charge in [0.25, 0.3) is 0 Å². The summed E-state index contributed by atoms with van der Waals surface area (Å²) in [5, 5.41) is 4.50. The molecule has 104 valence electrons. The highest BCUT2D eigenvalue weighted by Crippen LogP contribution is 2.30. The van der Waals surface area contributed by atoms with Crippen LogP contribution >= 0.6 is 23.1 Å². The van der Waals surface area contributed by atoms with Gasteiger partial charge in [0.2, 0.25) is 5.88 Å². The van der Waals surface area contributed by atoms with E-state index in [1.165, 1.54) is 5.75 Å². The normalized spacial score (nSPS) is 12.5. The van der Waals surface area contributed by atoms with Crippen molar-refractivity contribution in [2.45, 2.75) is 26.4 Å². The predicted octanol–water partition coefficient (Wildman–Crippen LogP) is 2.45. The first-order chi connectivity index (χ1) is 8.58. The second-order valence-corrected chi connectivity index (χ2v) is 6.65. The lowest BCUT2D eigenvalue weighted by Crippen LogP contribution is -2.27.